The first kappa shape index (κ1) is 12.4. The van der Waals surface area contributed by atoms with E-state index in [0.717, 1.165) is 25.1 Å². The molecular formula is C12H16N2O2. The smallest absolute Gasteiger partial charge is 0.272 e. The monoisotopic (exact) mass is 220 g/mol. The molecule has 0 saturated carbocycles. The molecule has 0 radical (unpaired) electrons. The molecule has 0 aliphatic carbocycles. The van der Waals surface area contributed by atoms with E-state index in [4.69, 9.17) is 0 Å². The van der Waals surface area contributed by atoms with E-state index in [1.165, 1.54) is 0 Å². The van der Waals surface area contributed by atoms with Gasteiger partial charge < -0.3 is 5.32 Å². The number of benzene rings is 1. The van der Waals surface area contributed by atoms with Crippen LogP contribution >= 0.6 is 0 Å². The summed E-state index contributed by atoms with van der Waals surface area (Å²) >= 11 is 0. The van der Waals surface area contributed by atoms with E-state index in [0.29, 0.717) is 6.42 Å². The molecule has 0 saturated heterocycles. The summed E-state index contributed by atoms with van der Waals surface area (Å²) in [5.41, 5.74) is 0.978. The molecule has 1 N–H and O–H groups in total. The minimum atomic E-state index is -0.334. The van der Waals surface area contributed by atoms with Crippen molar-refractivity contribution in [3.8, 4) is 0 Å². The molecule has 4 nitrogen and oxygen atoms in total. The third-order valence-corrected chi connectivity index (χ3v) is 2.28. The SMILES string of the molecule is C=CCCNCCc1ccccc1[N+](=O)[O-]. The molecule has 0 aromatic heterocycles. The molecule has 0 unspecified atom stereocenters. The summed E-state index contributed by atoms with van der Waals surface area (Å²) in [4.78, 5) is 10.4. The number of para-hydroxylation sites is 1. The molecule has 0 bridgehead atoms. The van der Waals surface area contributed by atoms with Gasteiger partial charge in [-0.2, -0.15) is 0 Å². The molecule has 16 heavy (non-hydrogen) atoms. The van der Waals surface area contributed by atoms with Crippen molar-refractivity contribution < 1.29 is 4.92 Å². The van der Waals surface area contributed by atoms with Crippen LogP contribution in [0, 0.1) is 10.1 Å². The largest absolute Gasteiger partial charge is 0.316 e. The van der Waals surface area contributed by atoms with Crippen molar-refractivity contribution in [3.63, 3.8) is 0 Å². The molecule has 1 aromatic rings. The standard InChI is InChI=1S/C12H16N2O2/c1-2-3-9-13-10-8-11-6-4-5-7-12(11)14(15)16/h2,4-7,13H,1,3,8-10H2. The molecule has 1 aromatic carbocycles. The third kappa shape index (κ3) is 3.82. The van der Waals surface area contributed by atoms with Crippen molar-refractivity contribution in [2.75, 3.05) is 13.1 Å². The quantitative estimate of drug-likeness (QED) is 0.332. The maximum absolute atomic E-state index is 10.7. The van der Waals surface area contributed by atoms with Crippen LogP contribution in [0.4, 0.5) is 5.69 Å². The molecule has 1 rings (SSSR count). The summed E-state index contributed by atoms with van der Waals surface area (Å²) < 4.78 is 0. The van der Waals surface area contributed by atoms with Crippen molar-refractivity contribution in [1.29, 1.82) is 0 Å². The predicted molar refractivity (Wildman–Crippen MR) is 64.5 cm³/mol. The van der Waals surface area contributed by atoms with Gasteiger partial charge in [0, 0.05) is 11.6 Å². The maximum atomic E-state index is 10.7. The van der Waals surface area contributed by atoms with Crippen LogP contribution in [0.5, 0.6) is 0 Å². The summed E-state index contributed by atoms with van der Waals surface area (Å²) in [6.07, 6.45) is 3.43. The van der Waals surface area contributed by atoms with Gasteiger partial charge in [-0.05, 0) is 25.9 Å². The first-order valence-corrected chi connectivity index (χ1v) is 5.29. The second-order valence-electron chi connectivity index (χ2n) is 3.46. The lowest BCUT2D eigenvalue weighted by molar-refractivity contribution is -0.385. The Kier molecular flexibility index (Phi) is 5.22. The van der Waals surface area contributed by atoms with Crippen LogP contribution in [-0.4, -0.2) is 18.0 Å². The minimum absolute atomic E-state index is 0.202. The minimum Gasteiger partial charge on any atom is -0.316 e. The second-order valence-corrected chi connectivity index (χ2v) is 3.46. The third-order valence-electron chi connectivity index (χ3n) is 2.28. The Bertz CT molecular complexity index is 364. The average molecular weight is 220 g/mol. The Labute approximate surface area is 95.1 Å². The van der Waals surface area contributed by atoms with Gasteiger partial charge in [-0.1, -0.05) is 24.3 Å². The summed E-state index contributed by atoms with van der Waals surface area (Å²) in [6, 6.07) is 6.85. The molecule has 0 fully saturated rings. The molecule has 0 amide bonds. The van der Waals surface area contributed by atoms with Crippen LogP contribution in [0.1, 0.15) is 12.0 Å². The Morgan fingerprint density at radius 3 is 2.81 bits per heavy atom. The van der Waals surface area contributed by atoms with Gasteiger partial charge in [0.05, 0.1) is 4.92 Å². The molecule has 0 heterocycles. The highest BCUT2D eigenvalue weighted by Crippen LogP contribution is 2.17. The molecule has 0 aliphatic rings. The number of rotatable bonds is 7. The van der Waals surface area contributed by atoms with Crippen LogP contribution in [0.3, 0.4) is 0 Å². The van der Waals surface area contributed by atoms with Gasteiger partial charge >= 0.3 is 0 Å². The highest BCUT2D eigenvalue weighted by atomic mass is 16.6. The number of nitro groups is 1. The highest BCUT2D eigenvalue weighted by Gasteiger charge is 2.10. The summed E-state index contributed by atoms with van der Waals surface area (Å²) in [6.45, 7) is 5.24. The number of hydrogen-bond acceptors (Lipinski definition) is 3. The summed E-state index contributed by atoms with van der Waals surface area (Å²) in [5.74, 6) is 0. The highest BCUT2D eigenvalue weighted by molar-refractivity contribution is 5.39. The summed E-state index contributed by atoms with van der Waals surface area (Å²) in [7, 11) is 0. The number of nitrogens with zero attached hydrogens (tertiary/aromatic N) is 1. The molecule has 0 aliphatic heterocycles. The normalized spacial score (nSPS) is 10.0. The van der Waals surface area contributed by atoms with Crippen LogP contribution in [0.15, 0.2) is 36.9 Å². The van der Waals surface area contributed by atoms with Crippen molar-refractivity contribution >= 4 is 5.69 Å². The number of hydrogen-bond donors (Lipinski definition) is 1. The number of nitrogens with one attached hydrogen (secondary N) is 1. The first-order valence-electron chi connectivity index (χ1n) is 5.29. The van der Waals surface area contributed by atoms with Gasteiger partial charge in [0.15, 0.2) is 0 Å². The zero-order valence-corrected chi connectivity index (χ0v) is 9.19. The summed E-state index contributed by atoms with van der Waals surface area (Å²) in [5, 5.41) is 13.9. The van der Waals surface area contributed by atoms with Gasteiger partial charge in [-0.3, -0.25) is 10.1 Å². The zero-order chi connectivity index (χ0) is 11.8. The Morgan fingerprint density at radius 2 is 2.12 bits per heavy atom. The van der Waals surface area contributed by atoms with Crippen molar-refractivity contribution in [2.24, 2.45) is 0 Å². The van der Waals surface area contributed by atoms with Gasteiger partial charge in [-0.25, -0.2) is 0 Å². The molecular weight excluding hydrogens is 204 g/mol. The van der Waals surface area contributed by atoms with E-state index in [-0.39, 0.29) is 10.6 Å². The van der Waals surface area contributed by atoms with E-state index in [2.05, 4.69) is 11.9 Å². The first-order chi connectivity index (χ1) is 7.75. The van der Waals surface area contributed by atoms with Crippen molar-refractivity contribution in [2.45, 2.75) is 12.8 Å². The topological polar surface area (TPSA) is 55.2 Å². The van der Waals surface area contributed by atoms with Gasteiger partial charge in [0.25, 0.3) is 5.69 Å². The van der Waals surface area contributed by atoms with Crippen LogP contribution in [0.2, 0.25) is 0 Å². The van der Waals surface area contributed by atoms with Crippen LogP contribution in [0.25, 0.3) is 0 Å². The zero-order valence-electron chi connectivity index (χ0n) is 9.19. The van der Waals surface area contributed by atoms with Gasteiger partial charge in [0.2, 0.25) is 0 Å². The van der Waals surface area contributed by atoms with Crippen LogP contribution in [-0.2, 0) is 6.42 Å². The Hall–Kier alpha value is -1.68. The van der Waals surface area contributed by atoms with E-state index in [1.54, 1.807) is 18.2 Å². The lowest BCUT2D eigenvalue weighted by Crippen LogP contribution is -2.18. The van der Waals surface area contributed by atoms with E-state index in [1.807, 2.05) is 12.1 Å². The van der Waals surface area contributed by atoms with Gasteiger partial charge in [0.1, 0.15) is 0 Å². The predicted octanol–water partition coefficient (Wildman–Crippen LogP) is 2.30. The maximum Gasteiger partial charge on any atom is 0.272 e. The fourth-order valence-corrected chi connectivity index (χ4v) is 1.45. The number of nitro benzene ring substituents is 1. The molecule has 86 valence electrons. The fraction of sp³-hybridized carbons (Fsp3) is 0.333. The van der Waals surface area contributed by atoms with E-state index < -0.39 is 0 Å². The lowest BCUT2D eigenvalue weighted by Gasteiger charge is -2.04. The molecule has 4 heteroatoms. The molecule has 0 atom stereocenters. The van der Waals surface area contributed by atoms with E-state index in [9.17, 15) is 10.1 Å². The van der Waals surface area contributed by atoms with E-state index >= 15 is 0 Å². The molecule has 0 spiro atoms. The Morgan fingerprint density at radius 1 is 1.38 bits per heavy atom. The van der Waals surface area contributed by atoms with Crippen molar-refractivity contribution in [1.82, 2.24) is 5.32 Å². The van der Waals surface area contributed by atoms with Gasteiger partial charge in [-0.15, -0.1) is 6.58 Å². The Balaban J connectivity index is 2.47. The second kappa shape index (κ2) is 6.74. The average Bonchev–Trinajstić information content (AvgIpc) is 2.29. The lowest BCUT2D eigenvalue weighted by atomic mass is 10.1. The fourth-order valence-electron chi connectivity index (χ4n) is 1.45. The van der Waals surface area contributed by atoms with Crippen molar-refractivity contribution in [3.05, 3.63) is 52.6 Å². The van der Waals surface area contributed by atoms with Crippen LogP contribution < -0.4 is 5.32 Å².